The summed E-state index contributed by atoms with van der Waals surface area (Å²) in [5.41, 5.74) is 8.86. The van der Waals surface area contributed by atoms with Gasteiger partial charge in [0.15, 0.2) is 0 Å². The monoisotopic (exact) mass is 317 g/mol. The summed E-state index contributed by atoms with van der Waals surface area (Å²) in [7, 11) is 0. The van der Waals surface area contributed by atoms with E-state index in [0.29, 0.717) is 0 Å². The molecule has 0 bridgehead atoms. The van der Waals surface area contributed by atoms with Gasteiger partial charge in [-0.15, -0.1) is 0 Å². The Morgan fingerprint density at radius 3 is 2.64 bits per heavy atom. The fraction of sp³-hybridized carbons (Fsp3) is 0.455. The predicted octanol–water partition coefficient (Wildman–Crippen LogP) is 3.94. The average molecular weight is 319 g/mol. The third-order valence-electron chi connectivity index (χ3n) is 2.81. The second kappa shape index (κ2) is 4.33. The summed E-state index contributed by atoms with van der Waals surface area (Å²) in [5.74, 6) is 0. The second-order valence-corrected chi connectivity index (χ2v) is 5.48. The zero-order valence-corrected chi connectivity index (χ0v) is 11.1. The van der Waals surface area contributed by atoms with Crippen LogP contribution in [0.2, 0.25) is 0 Å². The van der Waals surface area contributed by atoms with E-state index in [9.17, 15) is 0 Å². The molecule has 14 heavy (non-hydrogen) atoms. The molecule has 0 saturated carbocycles. The van der Waals surface area contributed by atoms with Crippen LogP contribution in [0, 0.1) is 0 Å². The molecule has 0 unspecified atom stereocenters. The number of halogens is 2. The molecular formula is C11H13Br2N. The van der Waals surface area contributed by atoms with Crippen LogP contribution in [0.5, 0.6) is 0 Å². The fourth-order valence-electron chi connectivity index (χ4n) is 2.07. The normalized spacial score (nSPS) is 21.5. The van der Waals surface area contributed by atoms with E-state index in [-0.39, 0.29) is 6.04 Å². The van der Waals surface area contributed by atoms with Crippen molar-refractivity contribution < 1.29 is 0 Å². The molecule has 2 rings (SSSR count). The van der Waals surface area contributed by atoms with Crippen molar-refractivity contribution in [2.45, 2.75) is 31.7 Å². The molecule has 1 aromatic rings. The van der Waals surface area contributed by atoms with E-state index in [1.54, 1.807) is 0 Å². The van der Waals surface area contributed by atoms with Gasteiger partial charge in [0.1, 0.15) is 0 Å². The Hall–Kier alpha value is 0.140. The predicted molar refractivity (Wildman–Crippen MR) is 66.3 cm³/mol. The van der Waals surface area contributed by atoms with Crippen molar-refractivity contribution in [3.05, 3.63) is 32.2 Å². The highest BCUT2D eigenvalue weighted by molar-refractivity contribution is 9.11. The number of hydrogen-bond donors (Lipinski definition) is 1. The average Bonchev–Trinajstić information content (AvgIpc) is 2.35. The van der Waals surface area contributed by atoms with Crippen LogP contribution in [0.1, 0.15) is 36.4 Å². The van der Waals surface area contributed by atoms with E-state index in [4.69, 9.17) is 5.73 Å². The van der Waals surface area contributed by atoms with Crippen molar-refractivity contribution in [1.29, 1.82) is 0 Å². The van der Waals surface area contributed by atoms with Crippen LogP contribution in [0.4, 0.5) is 0 Å². The van der Waals surface area contributed by atoms with Gasteiger partial charge in [0, 0.05) is 15.0 Å². The van der Waals surface area contributed by atoms with Crippen LogP contribution >= 0.6 is 31.9 Å². The summed E-state index contributed by atoms with van der Waals surface area (Å²) < 4.78 is 2.36. The van der Waals surface area contributed by atoms with E-state index in [2.05, 4.69) is 44.0 Å². The fourth-order valence-corrected chi connectivity index (χ4v) is 3.28. The molecular weight excluding hydrogens is 306 g/mol. The van der Waals surface area contributed by atoms with Gasteiger partial charge in [-0.25, -0.2) is 0 Å². The van der Waals surface area contributed by atoms with Crippen LogP contribution in [0.3, 0.4) is 0 Å². The molecule has 1 aliphatic rings. The smallest absolute Gasteiger partial charge is 0.0309 e. The Bertz CT molecular complexity index is 349. The summed E-state index contributed by atoms with van der Waals surface area (Å²) in [6.07, 6.45) is 4.72. The number of benzene rings is 1. The zero-order valence-electron chi connectivity index (χ0n) is 7.89. The molecule has 0 radical (unpaired) electrons. The van der Waals surface area contributed by atoms with E-state index < -0.39 is 0 Å². The largest absolute Gasteiger partial charge is 0.324 e. The van der Waals surface area contributed by atoms with Gasteiger partial charge >= 0.3 is 0 Å². The van der Waals surface area contributed by atoms with Crippen molar-refractivity contribution >= 4 is 31.9 Å². The van der Waals surface area contributed by atoms with Crippen molar-refractivity contribution in [3.8, 4) is 0 Å². The van der Waals surface area contributed by atoms with Gasteiger partial charge < -0.3 is 5.73 Å². The number of fused-ring (bicyclic) bond motifs is 1. The minimum absolute atomic E-state index is 0.194. The van der Waals surface area contributed by atoms with Gasteiger partial charge in [-0.3, -0.25) is 0 Å². The van der Waals surface area contributed by atoms with E-state index in [1.165, 1.54) is 28.4 Å². The second-order valence-electron chi connectivity index (χ2n) is 3.77. The highest BCUT2D eigenvalue weighted by Crippen LogP contribution is 2.36. The summed E-state index contributed by atoms with van der Waals surface area (Å²) in [5, 5.41) is 0. The van der Waals surface area contributed by atoms with Crippen LogP contribution < -0.4 is 5.73 Å². The lowest BCUT2D eigenvalue weighted by atomic mass is 10.00. The van der Waals surface area contributed by atoms with Gasteiger partial charge in [0.2, 0.25) is 0 Å². The van der Waals surface area contributed by atoms with Gasteiger partial charge in [-0.05, 0) is 42.5 Å². The van der Waals surface area contributed by atoms with Crippen LogP contribution in [0.25, 0.3) is 0 Å². The number of hydrogen-bond acceptors (Lipinski definition) is 1. The molecule has 0 fully saturated rings. The molecule has 2 N–H and O–H groups in total. The first-order chi connectivity index (χ1) is 6.70. The molecule has 1 aromatic carbocycles. The maximum absolute atomic E-state index is 6.17. The van der Waals surface area contributed by atoms with Gasteiger partial charge in [0.05, 0.1) is 0 Å². The number of nitrogens with two attached hydrogens (primary N) is 1. The SMILES string of the molecule is N[C@@H]1CCCCc2c(Br)ccc(Br)c21. The van der Waals surface area contributed by atoms with Crippen LogP contribution in [-0.2, 0) is 6.42 Å². The lowest BCUT2D eigenvalue weighted by Crippen LogP contribution is -2.11. The lowest BCUT2D eigenvalue weighted by Gasteiger charge is -2.15. The maximum Gasteiger partial charge on any atom is 0.0309 e. The number of rotatable bonds is 0. The topological polar surface area (TPSA) is 26.0 Å². The minimum atomic E-state index is 0.194. The summed E-state index contributed by atoms with van der Waals surface area (Å²) in [6.45, 7) is 0. The molecule has 1 atom stereocenters. The molecule has 0 amide bonds. The Morgan fingerprint density at radius 1 is 1.14 bits per heavy atom. The Morgan fingerprint density at radius 2 is 1.86 bits per heavy atom. The molecule has 0 spiro atoms. The lowest BCUT2D eigenvalue weighted by molar-refractivity contribution is 0.614. The molecule has 1 aliphatic carbocycles. The third-order valence-corrected chi connectivity index (χ3v) is 4.24. The van der Waals surface area contributed by atoms with Crippen LogP contribution in [-0.4, -0.2) is 0 Å². The van der Waals surface area contributed by atoms with E-state index in [1.807, 2.05) is 0 Å². The van der Waals surface area contributed by atoms with Crippen molar-refractivity contribution in [2.75, 3.05) is 0 Å². The quantitative estimate of drug-likeness (QED) is 0.720. The zero-order chi connectivity index (χ0) is 10.1. The Kier molecular flexibility index (Phi) is 3.30. The van der Waals surface area contributed by atoms with E-state index in [0.717, 1.165) is 17.3 Å². The van der Waals surface area contributed by atoms with Gasteiger partial charge in [-0.1, -0.05) is 38.3 Å². The Balaban J connectivity index is 2.57. The summed E-state index contributed by atoms with van der Waals surface area (Å²) in [6, 6.07) is 4.37. The summed E-state index contributed by atoms with van der Waals surface area (Å²) >= 11 is 7.19. The molecule has 0 saturated heterocycles. The maximum atomic E-state index is 6.17. The minimum Gasteiger partial charge on any atom is -0.324 e. The molecule has 0 aromatic heterocycles. The Labute approximate surface area is 101 Å². The first-order valence-corrected chi connectivity index (χ1v) is 6.51. The van der Waals surface area contributed by atoms with E-state index >= 15 is 0 Å². The molecule has 3 heteroatoms. The van der Waals surface area contributed by atoms with Gasteiger partial charge in [0.25, 0.3) is 0 Å². The van der Waals surface area contributed by atoms with Crippen molar-refractivity contribution in [1.82, 2.24) is 0 Å². The highest BCUT2D eigenvalue weighted by atomic mass is 79.9. The van der Waals surface area contributed by atoms with Crippen molar-refractivity contribution in [3.63, 3.8) is 0 Å². The molecule has 0 aliphatic heterocycles. The molecule has 0 heterocycles. The first kappa shape index (κ1) is 10.7. The molecule has 1 nitrogen and oxygen atoms in total. The third kappa shape index (κ3) is 1.90. The molecule has 76 valence electrons. The van der Waals surface area contributed by atoms with Crippen molar-refractivity contribution in [2.24, 2.45) is 5.73 Å². The standard InChI is InChI=1S/C11H13Br2N/c12-8-5-6-9(13)11-7(8)3-1-2-4-10(11)14/h5-6,10H,1-4,14H2/t10-/m1/s1. The van der Waals surface area contributed by atoms with Gasteiger partial charge in [-0.2, -0.15) is 0 Å². The summed E-state index contributed by atoms with van der Waals surface area (Å²) in [4.78, 5) is 0. The first-order valence-electron chi connectivity index (χ1n) is 4.92. The highest BCUT2D eigenvalue weighted by Gasteiger charge is 2.19. The van der Waals surface area contributed by atoms with Crippen LogP contribution in [0.15, 0.2) is 21.1 Å².